The van der Waals surface area contributed by atoms with Crippen LogP contribution < -0.4 is 16.5 Å². The quantitative estimate of drug-likeness (QED) is 0.495. The van der Waals surface area contributed by atoms with Gasteiger partial charge < -0.3 is 25.8 Å². The third-order valence-electron chi connectivity index (χ3n) is 3.58. The summed E-state index contributed by atoms with van der Waals surface area (Å²) >= 11 is 0. The van der Waals surface area contributed by atoms with E-state index in [1.807, 2.05) is 0 Å². The van der Waals surface area contributed by atoms with E-state index in [4.69, 9.17) is 10.8 Å². The second-order valence-corrected chi connectivity index (χ2v) is 5.49. The summed E-state index contributed by atoms with van der Waals surface area (Å²) in [6.07, 6.45) is 3.06. The Bertz CT molecular complexity index is 624. The molecule has 0 saturated carbocycles. The summed E-state index contributed by atoms with van der Waals surface area (Å²) in [5.41, 5.74) is 5.44. The van der Waals surface area contributed by atoms with E-state index in [9.17, 15) is 19.5 Å². The highest BCUT2D eigenvalue weighted by Crippen LogP contribution is 2.11. The Morgan fingerprint density at radius 2 is 2.04 bits per heavy atom. The number of carboxylic acids is 1. The van der Waals surface area contributed by atoms with Crippen molar-refractivity contribution in [3.8, 4) is 5.75 Å². The van der Waals surface area contributed by atoms with Gasteiger partial charge in [0.15, 0.2) is 5.75 Å². The number of pyridine rings is 1. The molecule has 0 aliphatic carbocycles. The molecule has 8 nitrogen and oxygen atoms in total. The number of unbranched alkanes of at least 4 members (excludes halogenated alkanes) is 1. The molecule has 0 aromatic carbocycles. The van der Waals surface area contributed by atoms with Crippen LogP contribution in [0.2, 0.25) is 0 Å². The Kier molecular flexibility index (Phi) is 6.77. The highest BCUT2D eigenvalue weighted by atomic mass is 16.4. The van der Waals surface area contributed by atoms with Gasteiger partial charge in [0.25, 0.3) is 0 Å². The lowest BCUT2D eigenvalue weighted by molar-refractivity contribution is -0.142. The molecule has 5 N–H and O–H groups in total. The first kappa shape index (κ1) is 18.7. The first-order chi connectivity index (χ1) is 10.7. The molecule has 2 unspecified atom stereocenters. The van der Waals surface area contributed by atoms with Crippen LogP contribution in [-0.2, 0) is 16.1 Å². The summed E-state index contributed by atoms with van der Waals surface area (Å²) in [4.78, 5) is 33.9. The van der Waals surface area contributed by atoms with Gasteiger partial charge in [-0.15, -0.1) is 0 Å². The summed E-state index contributed by atoms with van der Waals surface area (Å²) in [6, 6.07) is -0.453. The topological polar surface area (TPSA) is 135 Å². The maximum Gasteiger partial charge on any atom is 0.326 e. The molecule has 0 saturated heterocycles. The lowest BCUT2D eigenvalue weighted by Gasteiger charge is -2.16. The number of hydrogen-bond donors (Lipinski definition) is 4. The summed E-state index contributed by atoms with van der Waals surface area (Å²) in [5.74, 6) is -1.88. The van der Waals surface area contributed by atoms with E-state index in [-0.39, 0.29) is 12.2 Å². The third-order valence-corrected chi connectivity index (χ3v) is 3.58. The average molecular weight is 325 g/mol. The second kappa shape index (κ2) is 8.33. The lowest BCUT2D eigenvalue weighted by atomic mass is 10.1. The Morgan fingerprint density at radius 3 is 2.61 bits per heavy atom. The van der Waals surface area contributed by atoms with E-state index in [1.165, 1.54) is 13.0 Å². The second-order valence-electron chi connectivity index (χ2n) is 5.49. The van der Waals surface area contributed by atoms with E-state index < -0.39 is 29.4 Å². The van der Waals surface area contributed by atoms with Gasteiger partial charge in [0.05, 0.1) is 11.7 Å². The molecule has 23 heavy (non-hydrogen) atoms. The zero-order chi connectivity index (χ0) is 17.6. The summed E-state index contributed by atoms with van der Waals surface area (Å²) in [6.45, 7) is 3.66. The maximum absolute atomic E-state index is 11.5. The third kappa shape index (κ3) is 5.41. The van der Waals surface area contributed by atoms with Crippen LogP contribution in [0.5, 0.6) is 5.75 Å². The highest BCUT2D eigenvalue weighted by molar-refractivity contribution is 5.86. The fourth-order valence-electron chi connectivity index (χ4n) is 2.10. The number of amides is 1. The van der Waals surface area contributed by atoms with Crippen molar-refractivity contribution in [3.05, 3.63) is 28.2 Å². The summed E-state index contributed by atoms with van der Waals surface area (Å²) in [7, 11) is 0. The Morgan fingerprint density at radius 1 is 1.39 bits per heavy atom. The van der Waals surface area contributed by atoms with Gasteiger partial charge in [-0.3, -0.25) is 9.59 Å². The van der Waals surface area contributed by atoms with Crippen molar-refractivity contribution in [2.45, 2.75) is 51.7 Å². The van der Waals surface area contributed by atoms with Crippen molar-refractivity contribution in [2.24, 2.45) is 5.73 Å². The van der Waals surface area contributed by atoms with Crippen LogP contribution in [0.1, 0.15) is 31.9 Å². The van der Waals surface area contributed by atoms with E-state index in [0.29, 0.717) is 25.1 Å². The molecule has 0 fully saturated rings. The number of aliphatic carboxylic acids is 1. The number of aromatic hydroxyl groups is 1. The molecule has 128 valence electrons. The van der Waals surface area contributed by atoms with Crippen molar-refractivity contribution in [2.75, 3.05) is 0 Å². The SMILES string of the molecule is Cc1c(O)c(=O)ccn1CCCCC(NC(=O)C(C)N)C(=O)O. The molecule has 1 aromatic rings. The standard InChI is InChI=1S/C15H23N3O5/c1-9(16)14(21)17-11(15(22)23)5-3-4-7-18-8-6-12(19)13(20)10(18)2/h6,8-9,11,20H,3-5,7,16H2,1-2H3,(H,17,21)(H,22,23). The van der Waals surface area contributed by atoms with Crippen LogP contribution >= 0.6 is 0 Å². The molecule has 0 aliphatic rings. The molecule has 1 heterocycles. The normalized spacial score (nSPS) is 13.3. The average Bonchev–Trinajstić information content (AvgIpc) is 2.49. The minimum Gasteiger partial charge on any atom is -0.503 e. The number of rotatable bonds is 8. The number of nitrogens with one attached hydrogen (secondary N) is 1. The van der Waals surface area contributed by atoms with Gasteiger partial charge in [0.1, 0.15) is 6.04 Å². The monoisotopic (exact) mass is 325 g/mol. The zero-order valence-electron chi connectivity index (χ0n) is 13.3. The molecular formula is C15H23N3O5. The molecular weight excluding hydrogens is 302 g/mol. The van der Waals surface area contributed by atoms with Gasteiger partial charge in [-0.05, 0) is 33.1 Å². The van der Waals surface area contributed by atoms with Crippen molar-refractivity contribution < 1.29 is 19.8 Å². The van der Waals surface area contributed by atoms with Gasteiger partial charge in [-0.1, -0.05) is 0 Å². The van der Waals surface area contributed by atoms with Crippen LogP contribution in [0, 0.1) is 6.92 Å². The number of carboxylic acid groups (broad SMARTS) is 1. The summed E-state index contributed by atoms with van der Waals surface area (Å²) < 4.78 is 1.73. The predicted octanol–water partition coefficient (Wildman–Crippen LogP) is -0.0508. The van der Waals surface area contributed by atoms with Gasteiger partial charge in [0.2, 0.25) is 11.3 Å². The number of carbonyl (C=O) groups excluding carboxylic acids is 1. The molecule has 1 aromatic heterocycles. The molecule has 2 atom stereocenters. The van der Waals surface area contributed by atoms with E-state index in [1.54, 1.807) is 17.7 Å². The Balaban J connectivity index is 2.52. The van der Waals surface area contributed by atoms with Crippen molar-refractivity contribution in [1.29, 1.82) is 0 Å². The lowest BCUT2D eigenvalue weighted by Crippen LogP contribution is -2.47. The fraction of sp³-hybridized carbons (Fsp3) is 0.533. The van der Waals surface area contributed by atoms with Crippen LogP contribution in [0.4, 0.5) is 0 Å². The first-order valence-corrected chi connectivity index (χ1v) is 7.41. The molecule has 0 spiro atoms. The van der Waals surface area contributed by atoms with Crippen LogP contribution in [-0.4, -0.2) is 38.7 Å². The van der Waals surface area contributed by atoms with Gasteiger partial charge in [-0.25, -0.2) is 4.79 Å². The highest BCUT2D eigenvalue weighted by Gasteiger charge is 2.20. The van der Waals surface area contributed by atoms with E-state index >= 15 is 0 Å². The number of hydrogen-bond acceptors (Lipinski definition) is 5. The van der Waals surface area contributed by atoms with Crippen LogP contribution in [0.25, 0.3) is 0 Å². The smallest absolute Gasteiger partial charge is 0.326 e. The number of nitrogens with two attached hydrogens (primary N) is 1. The minimum absolute atomic E-state index is 0.277. The fourth-order valence-corrected chi connectivity index (χ4v) is 2.10. The maximum atomic E-state index is 11.5. The predicted molar refractivity (Wildman–Crippen MR) is 84.2 cm³/mol. The first-order valence-electron chi connectivity index (χ1n) is 7.41. The Labute approximate surface area is 133 Å². The number of aromatic nitrogens is 1. The zero-order valence-corrected chi connectivity index (χ0v) is 13.3. The van der Waals surface area contributed by atoms with Gasteiger partial charge in [-0.2, -0.15) is 0 Å². The molecule has 8 heteroatoms. The van der Waals surface area contributed by atoms with E-state index in [0.717, 1.165) is 0 Å². The Hall–Kier alpha value is -2.35. The van der Waals surface area contributed by atoms with Gasteiger partial charge >= 0.3 is 5.97 Å². The molecule has 0 bridgehead atoms. The minimum atomic E-state index is -1.10. The van der Waals surface area contributed by atoms with Crippen LogP contribution in [0.15, 0.2) is 17.1 Å². The number of carbonyl (C=O) groups is 2. The number of aryl methyl sites for hydroxylation is 1. The molecule has 0 radical (unpaired) electrons. The molecule has 0 aliphatic heterocycles. The van der Waals surface area contributed by atoms with Crippen molar-refractivity contribution >= 4 is 11.9 Å². The summed E-state index contributed by atoms with van der Waals surface area (Å²) in [5, 5.41) is 21.1. The van der Waals surface area contributed by atoms with Crippen LogP contribution in [0.3, 0.4) is 0 Å². The van der Waals surface area contributed by atoms with Crippen molar-refractivity contribution in [3.63, 3.8) is 0 Å². The number of nitrogens with zero attached hydrogens (tertiary/aromatic N) is 1. The molecule has 1 rings (SSSR count). The largest absolute Gasteiger partial charge is 0.503 e. The van der Waals surface area contributed by atoms with Crippen molar-refractivity contribution in [1.82, 2.24) is 9.88 Å². The van der Waals surface area contributed by atoms with E-state index in [2.05, 4.69) is 5.32 Å². The molecule has 1 amide bonds. The van der Waals surface area contributed by atoms with Gasteiger partial charge in [0, 0.05) is 18.8 Å².